The number of carboxylic acid groups (broad SMARTS) is 1. The summed E-state index contributed by atoms with van der Waals surface area (Å²) in [6.07, 6.45) is 3.31. The third-order valence-corrected chi connectivity index (χ3v) is 7.47. The number of pyridine rings is 1. The van der Waals surface area contributed by atoms with Crippen molar-refractivity contribution in [1.29, 1.82) is 0 Å². The van der Waals surface area contributed by atoms with Crippen LogP contribution >= 0.6 is 0 Å². The highest BCUT2D eigenvalue weighted by Gasteiger charge is 2.25. The number of carbonyl (C=O) groups excluding carboxylic acids is 1. The van der Waals surface area contributed by atoms with E-state index in [4.69, 9.17) is 10.1 Å². The Balaban J connectivity index is 1.24. The summed E-state index contributed by atoms with van der Waals surface area (Å²) in [7, 11) is 0. The highest BCUT2D eigenvalue weighted by molar-refractivity contribution is 5.90. The smallest absolute Gasteiger partial charge is 0.322 e. The summed E-state index contributed by atoms with van der Waals surface area (Å²) >= 11 is 0. The second-order valence-electron chi connectivity index (χ2n) is 10.3. The van der Waals surface area contributed by atoms with Crippen molar-refractivity contribution < 1.29 is 14.7 Å². The number of aromatic nitrogens is 4. The van der Waals surface area contributed by atoms with Gasteiger partial charge in [0.25, 0.3) is 0 Å². The lowest BCUT2D eigenvalue weighted by atomic mass is 9.95. The number of hydrogen-bond donors (Lipinski definition) is 2. The molecule has 0 radical (unpaired) electrons. The van der Waals surface area contributed by atoms with Gasteiger partial charge < -0.3 is 10.4 Å². The average molecular weight is 535 g/mol. The Morgan fingerprint density at radius 3 is 2.48 bits per heavy atom. The molecular formula is C31H30N6O3. The van der Waals surface area contributed by atoms with Gasteiger partial charge in [-0.15, -0.1) is 0 Å². The zero-order valence-corrected chi connectivity index (χ0v) is 22.2. The number of amides is 1. The molecule has 202 valence electrons. The molecule has 9 nitrogen and oxygen atoms in total. The van der Waals surface area contributed by atoms with Gasteiger partial charge in [-0.3, -0.25) is 14.5 Å². The van der Waals surface area contributed by atoms with E-state index in [9.17, 15) is 9.59 Å². The van der Waals surface area contributed by atoms with Crippen molar-refractivity contribution in [1.82, 2.24) is 29.8 Å². The van der Waals surface area contributed by atoms with Crippen molar-refractivity contribution in [2.45, 2.75) is 26.3 Å². The number of piperidine rings is 1. The van der Waals surface area contributed by atoms with Crippen LogP contribution in [-0.2, 0) is 16.1 Å². The van der Waals surface area contributed by atoms with E-state index in [0.29, 0.717) is 0 Å². The van der Waals surface area contributed by atoms with Gasteiger partial charge in [-0.2, -0.15) is 9.61 Å². The molecule has 5 aromatic rings. The van der Waals surface area contributed by atoms with Gasteiger partial charge in [-0.25, -0.2) is 9.97 Å². The Kier molecular flexibility index (Phi) is 6.96. The molecular weight excluding hydrogens is 504 g/mol. The van der Waals surface area contributed by atoms with Crippen LogP contribution in [0.2, 0.25) is 0 Å². The van der Waals surface area contributed by atoms with Crippen LogP contribution in [0.3, 0.4) is 0 Å². The first-order chi connectivity index (χ1) is 19.4. The molecule has 1 aliphatic heterocycles. The van der Waals surface area contributed by atoms with E-state index in [0.717, 1.165) is 77.2 Å². The molecule has 4 heterocycles. The van der Waals surface area contributed by atoms with Crippen LogP contribution < -0.4 is 5.32 Å². The van der Waals surface area contributed by atoms with Crippen molar-refractivity contribution in [2.75, 3.05) is 19.6 Å². The van der Waals surface area contributed by atoms with Gasteiger partial charge in [0, 0.05) is 41.2 Å². The van der Waals surface area contributed by atoms with Crippen LogP contribution in [0.1, 0.15) is 24.1 Å². The minimum atomic E-state index is -1.02. The molecule has 40 heavy (non-hydrogen) atoms. The number of carbonyl (C=O) groups is 2. The molecule has 0 atom stereocenters. The number of nitrogens with one attached hydrogen (secondary N) is 1. The molecule has 9 heteroatoms. The summed E-state index contributed by atoms with van der Waals surface area (Å²) in [5.74, 6) is -1.32. The van der Waals surface area contributed by atoms with Crippen LogP contribution in [0.5, 0.6) is 0 Å². The second-order valence-corrected chi connectivity index (χ2v) is 10.3. The van der Waals surface area contributed by atoms with Gasteiger partial charge in [0.05, 0.1) is 11.4 Å². The van der Waals surface area contributed by atoms with Crippen molar-refractivity contribution >= 4 is 28.6 Å². The van der Waals surface area contributed by atoms with E-state index in [1.807, 2.05) is 41.9 Å². The number of carboxylic acids is 1. The normalized spacial score (nSPS) is 14.5. The van der Waals surface area contributed by atoms with Crippen molar-refractivity contribution in [3.8, 4) is 22.4 Å². The zero-order valence-electron chi connectivity index (χ0n) is 22.2. The SMILES string of the molecule is Cc1cc2ncc3cc(-c4ccccc4)c(-c4ccc(CN5CCC(C(=O)NCC(=O)O)CC5)cc4)nc3n2n1. The summed E-state index contributed by atoms with van der Waals surface area (Å²) in [6.45, 7) is 4.01. The number of likely N-dealkylation sites (tertiary alicyclic amines) is 1. The van der Waals surface area contributed by atoms with Crippen molar-refractivity contribution in [3.63, 3.8) is 0 Å². The Morgan fingerprint density at radius 2 is 1.75 bits per heavy atom. The average Bonchev–Trinajstić information content (AvgIpc) is 3.37. The monoisotopic (exact) mass is 534 g/mol. The fourth-order valence-corrected chi connectivity index (χ4v) is 5.40. The Bertz CT molecular complexity index is 1690. The van der Waals surface area contributed by atoms with Crippen molar-refractivity contribution in [3.05, 3.63) is 84.2 Å². The van der Waals surface area contributed by atoms with Gasteiger partial charge in [-0.1, -0.05) is 54.6 Å². The number of rotatable bonds is 7. The molecule has 6 rings (SSSR count). The summed E-state index contributed by atoms with van der Waals surface area (Å²) in [4.78, 5) is 35.0. The van der Waals surface area contributed by atoms with E-state index in [1.165, 1.54) is 5.56 Å². The number of benzene rings is 2. The van der Waals surface area contributed by atoms with Crippen molar-refractivity contribution in [2.24, 2.45) is 5.92 Å². The van der Waals surface area contributed by atoms with Crippen LogP contribution in [0.15, 0.2) is 72.9 Å². The number of nitrogens with zero attached hydrogens (tertiary/aromatic N) is 5. The molecule has 0 spiro atoms. The van der Waals surface area contributed by atoms with E-state index < -0.39 is 5.97 Å². The van der Waals surface area contributed by atoms with Crippen LogP contribution in [0, 0.1) is 12.8 Å². The molecule has 0 aliphatic carbocycles. The third kappa shape index (κ3) is 5.28. The summed E-state index contributed by atoms with van der Waals surface area (Å²) < 4.78 is 1.81. The lowest BCUT2D eigenvalue weighted by Gasteiger charge is -2.31. The van der Waals surface area contributed by atoms with Gasteiger partial charge in [-0.05, 0) is 50.0 Å². The standard InChI is InChI=1S/C31H30N6O3/c1-20-15-27-32-17-25-16-26(22-5-3-2-4-6-22)29(34-30(25)37(27)35-20)23-9-7-21(8-10-23)19-36-13-11-24(12-14-36)31(40)33-18-28(38)39/h2-10,15-17,24H,11-14,18-19H2,1H3,(H,33,40)(H,38,39). The van der Waals surface area contributed by atoms with Gasteiger partial charge in [0.15, 0.2) is 11.3 Å². The molecule has 1 saturated heterocycles. The molecule has 2 N–H and O–H groups in total. The lowest BCUT2D eigenvalue weighted by Crippen LogP contribution is -2.41. The maximum atomic E-state index is 12.2. The highest BCUT2D eigenvalue weighted by atomic mass is 16.4. The summed E-state index contributed by atoms with van der Waals surface area (Å²) in [5.41, 5.74) is 7.66. The quantitative estimate of drug-likeness (QED) is 0.320. The molecule has 0 saturated carbocycles. The Morgan fingerprint density at radius 1 is 1.00 bits per heavy atom. The van der Waals surface area contributed by atoms with Crippen LogP contribution in [0.4, 0.5) is 0 Å². The first-order valence-corrected chi connectivity index (χ1v) is 13.5. The Hall–Kier alpha value is -4.63. The number of aliphatic carboxylic acids is 1. The molecule has 1 fully saturated rings. The largest absolute Gasteiger partial charge is 0.480 e. The predicted molar refractivity (Wildman–Crippen MR) is 153 cm³/mol. The van der Waals surface area contributed by atoms with E-state index >= 15 is 0 Å². The molecule has 0 unspecified atom stereocenters. The topological polar surface area (TPSA) is 113 Å². The highest BCUT2D eigenvalue weighted by Crippen LogP contribution is 2.34. The van der Waals surface area contributed by atoms with Gasteiger partial charge >= 0.3 is 5.97 Å². The first kappa shape index (κ1) is 25.6. The maximum absolute atomic E-state index is 12.2. The van der Waals surface area contributed by atoms with Crippen LogP contribution in [-0.4, -0.2) is 61.1 Å². The molecule has 1 amide bonds. The number of fused-ring (bicyclic) bond motifs is 3. The minimum Gasteiger partial charge on any atom is -0.480 e. The zero-order chi connectivity index (χ0) is 27.6. The second kappa shape index (κ2) is 10.9. The fourth-order valence-electron chi connectivity index (χ4n) is 5.40. The minimum absolute atomic E-state index is 0.131. The maximum Gasteiger partial charge on any atom is 0.322 e. The Labute approximate surface area is 231 Å². The summed E-state index contributed by atoms with van der Waals surface area (Å²) in [6, 6.07) is 22.9. The summed E-state index contributed by atoms with van der Waals surface area (Å²) in [5, 5.41) is 16.8. The molecule has 1 aliphatic rings. The molecule has 3 aromatic heterocycles. The number of hydrogen-bond acceptors (Lipinski definition) is 6. The van der Waals surface area contributed by atoms with Gasteiger partial charge in [0.1, 0.15) is 6.54 Å². The fraction of sp³-hybridized carbons (Fsp3) is 0.258. The van der Waals surface area contributed by atoms with Crippen LogP contribution in [0.25, 0.3) is 39.1 Å². The van der Waals surface area contributed by atoms with E-state index in [2.05, 4.69) is 62.8 Å². The predicted octanol–water partition coefficient (Wildman–Crippen LogP) is 4.33. The molecule has 0 bridgehead atoms. The lowest BCUT2D eigenvalue weighted by molar-refractivity contribution is -0.138. The number of aryl methyl sites for hydroxylation is 1. The molecule has 2 aromatic carbocycles. The first-order valence-electron chi connectivity index (χ1n) is 13.5. The van der Waals surface area contributed by atoms with Gasteiger partial charge in [0.2, 0.25) is 5.91 Å². The third-order valence-electron chi connectivity index (χ3n) is 7.47. The van der Waals surface area contributed by atoms with E-state index in [-0.39, 0.29) is 18.4 Å². The van der Waals surface area contributed by atoms with E-state index in [1.54, 1.807) is 0 Å².